The molecular weight excluding hydrogens is 367 g/mol. The molecule has 0 unspecified atom stereocenters. The molecule has 29 heavy (non-hydrogen) atoms. The van der Waals surface area contributed by atoms with Crippen LogP contribution in [-0.2, 0) is 22.6 Å². The van der Waals surface area contributed by atoms with Crippen molar-refractivity contribution in [2.75, 3.05) is 0 Å². The summed E-state index contributed by atoms with van der Waals surface area (Å²) >= 11 is 0. The van der Waals surface area contributed by atoms with Gasteiger partial charge >= 0.3 is 0 Å². The molecule has 156 valence electrons. The lowest BCUT2D eigenvalue weighted by molar-refractivity contribution is -0.140. The lowest BCUT2D eigenvalue weighted by Gasteiger charge is -2.29. The molecule has 0 aliphatic rings. The number of amides is 2. The first-order valence-electron chi connectivity index (χ1n) is 10.2. The quantitative estimate of drug-likeness (QED) is 0.681. The van der Waals surface area contributed by atoms with Crippen molar-refractivity contribution in [3.05, 3.63) is 71.0 Å². The molecule has 2 amide bonds. The van der Waals surface area contributed by atoms with E-state index in [2.05, 4.69) is 5.32 Å². The van der Waals surface area contributed by atoms with Crippen LogP contribution in [0, 0.1) is 12.7 Å². The average Bonchev–Trinajstić information content (AvgIpc) is 2.72. The third-order valence-electron chi connectivity index (χ3n) is 5.18. The number of nitrogens with zero attached hydrogens (tertiary/aromatic N) is 1. The molecule has 4 nitrogen and oxygen atoms in total. The first-order valence-corrected chi connectivity index (χ1v) is 10.2. The average molecular weight is 399 g/mol. The number of carbonyl (C=O) groups is 2. The summed E-state index contributed by atoms with van der Waals surface area (Å²) in [4.78, 5) is 27.3. The number of hydrogen-bond donors (Lipinski definition) is 1. The van der Waals surface area contributed by atoms with Crippen LogP contribution in [0.5, 0.6) is 0 Å². The van der Waals surface area contributed by atoms with Gasteiger partial charge in [-0.2, -0.15) is 0 Å². The fraction of sp³-hybridized carbons (Fsp3) is 0.417. The Balaban J connectivity index is 2.13. The Morgan fingerprint density at radius 2 is 1.59 bits per heavy atom. The summed E-state index contributed by atoms with van der Waals surface area (Å²) in [6, 6.07) is 13.6. The Labute approximate surface area is 173 Å². The number of hydrogen-bond acceptors (Lipinski definition) is 2. The van der Waals surface area contributed by atoms with E-state index in [-0.39, 0.29) is 30.2 Å². The molecule has 2 aromatic carbocycles. The fourth-order valence-corrected chi connectivity index (χ4v) is 2.98. The van der Waals surface area contributed by atoms with E-state index in [9.17, 15) is 14.0 Å². The molecule has 0 spiro atoms. The number of rotatable bonds is 9. The monoisotopic (exact) mass is 398 g/mol. The zero-order chi connectivity index (χ0) is 21.4. The van der Waals surface area contributed by atoms with Crippen LogP contribution in [0.3, 0.4) is 0 Å². The molecule has 2 rings (SSSR count). The predicted octanol–water partition coefficient (Wildman–Crippen LogP) is 4.40. The maximum absolute atomic E-state index is 13.2. The summed E-state index contributed by atoms with van der Waals surface area (Å²) in [5, 5.41) is 2.95. The molecule has 1 N–H and O–H groups in total. The van der Waals surface area contributed by atoms with Gasteiger partial charge in [0.2, 0.25) is 11.8 Å². The highest BCUT2D eigenvalue weighted by atomic mass is 19.1. The van der Waals surface area contributed by atoms with Crippen molar-refractivity contribution < 1.29 is 14.0 Å². The minimum Gasteiger partial charge on any atom is -0.352 e. The summed E-state index contributed by atoms with van der Waals surface area (Å²) in [7, 11) is 0. The van der Waals surface area contributed by atoms with E-state index in [0.29, 0.717) is 12.8 Å². The third-order valence-corrected chi connectivity index (χ3v) is 5.18. The molecule has 2 aromatic rings. The molecule has 0 bridgehead atoms. The van der Waals surface area contributed by atoms with Gasteiger partial charge in [-0.1, -0.05) is 48.9 Å². The van der Waals surface area contributed by atoms with E-state index < -0.39 is 6.04 Å². The summed E-state index contributed by atoms with van der Waals surface area (Å²) < 4.78 is 13.2. The molecule has 0 heterocycles. The highest BCUT2D eigenvalue weighted by Gasteiger charge is 2.26. The van der Waals surface area contributed by atoms with Gasteiger partial charge in [-0.15, -0.1) is 0 Å². The van der Waals surface area contributed by atoms with Crippen LogP contribution < -0.4 is 5.32 Å². The normalized spacial score (nSPS) is 12.9. The van der Waals surface area contributed by atoms with Crippen LogP contribution in [-0.4, -0.2) is 28.8 Å². The minimum absolute atomic E-state index is 0.0419. The van der Waals surface area contributed by atoms with Crippen LogP contribution in [0.2, 0.25) is 0 Å². The van der Waals surface area contributed by atoms with Crippen molar-refractivity contribution in [2.45, 2.75) is 65.6 Å². The van der Waals surface area contributed by atoms with Gasteiger partial charge in [-0.05, 0) is 56.9 Å². The fourth-order valence-electron chi connectivity index (χ4n) is 2.98. The zero-order valence-electron chi connectivity index (χ0n) is 17.7. The molecule has 2 atom stereocenters. The number of aryl methyl sites for hydroxylation is 2. The van der Waals surface area contributed by atoms with E-state index >= 15 is 0 Å². The van der Waals surface area contributed by atoms with Crippen molar-refractivity contribution in [1.82, 2.24) is 10.2 Å². The van der Waals surface area contributed by atoms with Gasteiger partial charge in [0.1, 0.15) is 11.9 Å². The number of halogens is 1. The first-order chi connectivity index (χ1) is 13.8. The van der Waals surface area contributed by atoms with Gasteiger partial charge in [0.25, 0.3) is 0 Å². The second-order valence-electron chi connectivity index (χ2n) is 7.63. The number of nitrogens with one attached hydrogen (secondary N) is 1. The minimum atomic E-state index is -0.612. The number of carbonyl (C=O) groups excluding carboxylic acids is 2. The summed E-state index contributed by atoms with van der Waals surface area (Å²) in [5.41, 5.74) is 3.05. The Morgan fingerprint density at radius 3 is 2.17 bits per heavy atom. The summed E-state index contributed by atoms with van der Waals surface area (Å²) in [6.07, 6.45) is 1.74. The van der Waals surface area contributed by atoms with E-state index in [1.807, 2.05) is 45.0 Å². The SMILES string of the molecule is CC[C@H](C)NC(=O)[C@H](C)N(Cc1ccc(F)cc1)C(=O)CCc1ccc(C)cc1. The largest absolute Gasteiger partial charge is 0.352 e. The van der Waals surface area contributed by atoms with Crippen molar-refractivity contribution >= 4 is 11.8 Å². The topological polar surface area (TPSA) is 49.4 Å². The predicted molar refractivity (Wildman–Crippen MR) is 114 cm³/mol. The molecule has 0 saturated heterocycles. The Morgan fingerprint density at radius 1 is 1.00 bits per heavy atom. The maximum atomic E-state index is 13.2. The summed E-state index contributed by atoms with van der Waals surface area (Å²) in [6.45, 7) is 7.97. The second kappa shape index (κ2) is 10.7. The van der Waals surface area contributed by atoms with Gasteiger partial charge in [0.15, 0.2) is 0 Å². The van der Waals surface area contributed by atoms with Crippen molar-refractivity contribution in [1.29, 1.82) is 0 Å². The van der Waals surface area contributed by atoms with Crippen LogP contribution in [0.15, 0.2) is 48.5 Å². The van der Waals surface area contributed by atoms with E-state index in [4.69, 9.17) is 0 Å². The molecule has 0 aliphatic heterocycles. The third kappa shape index (κ3) is 7.00. The van der Waals surface area contributed by atoms with Crippen molar-refractivity contribution in [3.8, 4) is 0 Å². The lowest BCUT2D eigenvalue weighted by atomic mass is 10.1. The molecule has 0 fully saturated rings. The first kappa shape index (κ1) is 22.6. The van der Waals surface area contributed by atoms with Gasteiger partial charge in [0, 0.05) is 19.0 Å². The van der Waals surface area contributed by atoms with Gasteiger partial charge in [-0.3, -0.25) is 9.59 Å². The zero-order valence-corrected chi connectivity index (χ0v) is 17.7. The maximum Gasteiger partial charge on any atom is 0.242 e. The van der Waals surface area contributed by atoms with E-state index in [1.165, 1.54) is 17.7 Å². The molecule has 5 heteroatoms. The Hall–Kier alpha value is -2.69. The van der Waals surface area contributed by atoms with Crippen molar-refractivity contribution in [2.24, 2.45) is 0 Å². The number of benzene rings is 2. The van der Waals surface area contributed by atoms with Gasteiger partial charge in [0.05, 0.1) is 0 Å². The van der Waals surface area contributed by atoms with Crippen molar-refractivity contribution in [3.63, 3.8) is 0 Å². The van der Waals surface area contributed by atoms with Gasteiger partial charge < -0.3 is 10.2 Å². The standard InChI is InChI=1S/C24H31FN2O2/c1-5-18(3)26-24(29)19(4)27(16-21-10-13-22(25)14-11-21)23(28)15-12-20-8-6-17(2)7-9-20/h6-11,13-14,18-19H,5,12,15-16H2,1-4H3,(H,26,29)/t18-,19-/m0/s1. The van der Waals surface area contributed by atoms with Crippen LogP contribution in [0.25, 0.3) is 0 Å². The Kier molecular flexibility index (Phi) is 8.37. The highest BCUT2D eigenvalue weighted by molar-refractivity contribution is 5.87. The second-order valence-corrected chi connectivity index (χ2v) is 7.63. The van der Waals surface area contributed by atoms with Crippen LogP contribution >= 0.6 is 0 Å². The van der Waals surface area contributed by atoms with E-state index in [1.54, 1.807) is 24.0 Å². The van der Waals surface area contributed by atoms with Crippen LogP contribution in [0.4, 0.5) is 4.39 Å². The highest BCUT2D eigenvalue weighted by Crippen LogP contribution is 2.14. The molecule has 0 radical (unpaired) electrons. The van der Waals surface area contributed by atoms with E-state index in [0.717, 1.165) is 17.5 Å². The molecule has 0 saturated carbocycles. The smallest absolute Gasteiger partial charge is 0.242 e. The molecule has 0 aromatic heterocycles. The Bertz CT molecular complexity index is 803. The molecule has 0 aliphatic carbocycles. The van der Waals surface area contributed by atoms with Crippen LogP contribution in [0.1, 0.15) is 50.3 Å². The summed E-state index contributed by atoms with van der Waals surface area (Å²) in [5.74, 6) is -0.597. The van der Waals surface area contributed by atoms with Gasteiger partial charge in [-0.25, -0.2) is 4.39 Å². The molecular formula is C24H31FN2O2. The lowest BCUT2D eigenvalue weighted by Crippen LogP contribution is -2.49.